The molecule has 0 bridgehead atoms. The lowest BCUT2D eigenvalue weighted by molar-refractivity contribution is -0.117. The number of imide groups is 1. The number of carbonyl (C=O) groups is 2. The number of hydrogen-bond donors (Lipinski definition) is 2. The number of hydrogen-bond acceptors (Lipinski definition) is 5. The van der Waals surface area contributed by atoms with Crippen LogP contribution >= 0.6 is 11.8 Å². The summed E-state index contributed by atoms with van der Waals surface area (Å²) in [5, 5.41) is 4.77. The molecule has 7 heteroatoms. The molecule has 20 heavy (non-hydrogen) atoms. The molecular formula is C13H14N2O4S. The third-order valence-corrected chi connectivity index (χ3v) is 3.27. The van der Waals surface area contributed by atoms with Gasteiger partial charge >= 0.3 is 6.03 Å². The summed E-state index contributed by atoms with van der Waals surface area (Å²) in [4.78, 5) is 22.9. The van der Waals surface area contributed by atoms with Crippen LogP contribution in [-0.2, 0) is 17.1 Å². The van der Waals surface area contributed by atoms with Gasteiger partial charge < -0.3 is 14.2 Å². The van der Waals surface area contributed by atoms with E-state index in [1.165, 1.54) is 18.0 Å². The maximum absolute atomic E-state index is 11.5. The normalized spacial score (nSPS) is 10.2. The van der Waals surface area contributed by atoms with E-state index >= 15 is 0 Å². The van der Waals surface area contributed by atoms with Crippen LogP contribution in [0.2, 0.25) is 0 Å². The van der Waals surface area contributed by atoms with E-state index in [0.717, 1.165) is 5.76 Å². The van der Waals surface area contributed by atoms with Crippen molar-refractivity contribution in [3.63, 3.8) is 0 Å². The highest BCUT2D eigenvalue weighted by molar-refractivity contribution is 7.99. The minimum atomic E-state index is -0.537. The minimum Gasteiger partial charge on any atom is -0.468 e. The monoisotopic (exact) mass is 294 g/mol. The van der Waals surface area contributed by atoms with Gasteiger partial charge in [0.1, 0.15) is 11.5 Å². The van der Waals surface area contributed by atoms with Crippen molar-refractivity contribution in [2.75, 3.05) is 5.75 Å². The molecule has 0 saturated carbocycles. The van der Waals surface area contributed by atoms with Crippen molar-refractivity contribution in [3.05, 3.63) is 48.3 Å². The lowest BCUT2D eigenvalue weighted by Crippen LogP contribution is -2.39. The molecule has 2 aromatic heterocycles. The number of carbonyl (C=O) groups excluding carboxylic acids is 2. The Morgan fingerprint density at radius 2 is 1.80 bits per heavy atom. The third-order valence-electron chi connectivity index (χ3n) is 2.31. The maximum Gasteiger partial charge on any atom is 0.321 e. The molecule has 0 aromatic carbocycles. The Labute approximate surface area is 119 Å². The van der Waals surface area contributed by atoms with Crippen molar-refractivity contribution in [1.29, 1.82) is 0 Å². The standard InChI is InChI=1S/C13H14N2O4S/c16-12(9-20-8-11-4-2-6-19-11)15-13(17)14-7-10-3-1-5-18-10/h1-6H,7-9H2,(H2,14,15,16,17). The number of rotatable bonds is 6. The van der Waals surface area contributed by atoms with E-state index in [9.17, 15) is 9.59 Å². The van der Waals surface area contributed by atoms with Crippen molar-refractivity contribution in [1.82, 2.24) is 10.6 Å². The lowest BCUT2D eigenvalue weighted by atomic mass is 10.4. The molecular weight excluding hydrogens is 280 g/mol. The van der Waals surface area contributed by atoms with Crippen LogP contribution in [0.15, 0.2) is 45.6 Å². The Bertz CT molecular complexity index is 537. The van der Waals surface area contributed by atoms with E-state index in [1.54, 1.807) is 24.5 Å². The average Bonchev–Trinajstić information content (AvgIpc) is 3.09. The van der Waals surface area contributed by atoms with Gasteiger partial charge in [-0.25, -0.2) is 4.79 Å². The van der Waals surface area contributed by atoms with Crippen LogP contribution in [0.3, 0.4) is 0 Å². The van der Waals surface area contributed by atoms with Crippen LogP contribution < -0.4 is 10.6 Å². The Hall–Kier alpha value is -2.15. The first-order valence-electron chi connectivity index (χ1n) is 5.94. The first-order chi connectivity index (χ1) is 9.74. The smallest absolute Gasteiger partial charge is 0.321 e. The Morgan fingerprint density at radius 3 is 2.45 bits per heavy atom. The molecule has 0 saturated heterocycles. The molecule has 0 atom stereocenters. The van der Waals surface area contributed by atoms with Crippen molar-refractivity contribution in [2.45, 2.75) is 12.3 Å². The Balaban J connectivity index is 1.60. The zero-order chi connectivity index (χ0) is 14.2. The van der Waals surface area contributed by atoms with E-state index < -0.39 is 6.03 Å². The molecule has 6 nitrogen and oxygen atoms in total. The predicted molar refractivity (Wildman–Crippen MR) is 74.0 cm³/mol. The zero-order valence-electron chi connectivity index (χ0n) is 10.6. The molecule has 0 aliphatic carbocycles. The van der Waals surface area contributed by atoms with Crippen LogP contribution in [0.5, 0.6) is 0 Å². The van der Waals surface area contributed by atoms with E-state index in [-0.39, 0.29) is 18.2 Å². The molecule has 2 rings (SSSR count). The fraction of sp³-hybridized carbons (Fsp3) is 0.231. The molecule has 0 fully saturated rings. The summed E-state index contributed by atoms with van der Waals surface area (Å²) in [5.41, 5.74) is 0. The zero-order valence-corrected chi connectivity index (χ0v) is 11.4. The fourth-order valence-corrected chi connectivity index (χ4v) is 2.15. The number of thioether (sulfide) groups is 1. The van der Waals surface area contributed by atoms with E-state index in [2.05, 4.69) is 10.6 Å². The summed E-state index contributed by atoms with van der Waals surface area (Å²) >= 11 is 1.37. The van der Waals surface area contributed by atoms with E-state index in [4.69, 9.17) is 8.83 Å². The SMILES string of the molecule is O=C(CSCc1ccco1)NC(=O)NCc1ccco1. The van der Waals surface area contributed by atoms with Crippen molar-refractivity contribution >= 4 is 23.7 Å². The molecule has 2 aromatic rings. The number of urea groups is 1. The van der Waals surface area contributed by atoms with Crippen LogP contribution in [0, 0.1) is 0 Å². The fourth-order valence-electron chi connectivity index (χ4n) is 1.43. The predicted octanol–water partition coefficient (Wildman–Crippen LogP) is 2.13. The van der Waals surface area contributed by atoms with Gasteiger partial charge in [0.25, 0.3) is 0 Å². The second-order valence-corrected chi connectivity index (χ2v) is 4.87. The summed E-state index contributed by atoms with van der Waals surface area (Å²) in [5.74, 6) is 1.85. The van der Waals surface area contributed by atoms with Gasteiger partial charge in [-0.2, -0.15) is 0 Å². The molecule has 2 heterocycles. The Morgan fingerprint density at radius 1 is 1.10 bits per heavy atom. The van der Waals surface area contributed by atoms with Gasteiger partial charge in [-0.15, -0.1) is 11.8 Å². The van der Waals surface area contributed by atoms with Gasteiger partial charge in [-0.05, 0) is 24.3 Å². The molecule has 0 aliphatic rings. The van der Waals surface area contributed by atoms with Crippen LogP contribution in [0.1, 0.15) is 11.5 Å². The van der Waals surface area contributed by atoms with Gasteiger partial charge in [0.05, 0.1) is 30.6 Å². The van der Waals surface area contributed by atoms with Crippen LogP contribution in [0.25, 0.3) is 0 Å². The summed E-state index contributed by atoms with van der Waals surface area (Å²) in [6.07, 6.45) is 3.10. The third kappa shape index (κ3) is 4.85. The van der Waals surface area contributed by atoms with E-state index in [1.807, 2.05) is 6.07 Å². The number of nitrogens with one attached hydrogen (secondary N) is 2. The molecule has 0 aliphatic heterocycles. The molecule has 106 valence electrons. The molecule has 3 amide bonds. The largest absolute Gasteiger partial charge is 0.468 e. The van der Waals surface area contributed by atoms with Crippen molar-refractivity contribution in [2.24, 2.45) is 0 Å². The van der Waals surface area contributed by atoms with Gasteiger partial charge in [-0.1, -0.05) is 0 Å². The van der Waals surface area contributed by atoms with Crippen LogP contribution in [0.4, 0.5) is 4.79 Å². The molecule has 0 spiro atoms. The molecule has 2 N–H and O–H groups in total. The first-order valence-corrected chi connectivity index (χ1v) is 7.09. The topological polar surface area (TPSA) is 84.5 Å². The van der Waals surface area contributed by atoms with Crippen molar-refractivity contribution in [3.8, 4) is 0 Å². The van der Waals surface area contributed by atoms with E-state index in [0.29, 0.717) is 11.5 Å². The summed E-state index contributed by atoms with van der Waals surface area (Å²) in [6, 6.07) is 6.55. The minimum absolute atomic E-state index is 0.189. The summed E-state index contributed by atoms with van der Waals surface area (Å²) < 4.78 is 10.2. The van der Waals surface area contributed by atoms with Crippen molar-refractivity contribution < 1.29 is 18.4 Å². The number of furan rings is 2. The molecule has 0 unspecified atom stereocenters. The quantitative estimate of drug-likeness (QED) is 0.852. The summed E-state index contributed by atoms with van der Waals surface area (Å²) in [7, 11) is 0. The maximum atomic E-state index is 11.5. The Kier molecular flexibility index (Phi) is 5.31. The van der Waals surface area contributed by atoms with Gasteiger partial charge in [-0.3, -0.25) is 10.1 Å². The van der Waals surface area contributed by atoms with Gasteiger partial charge in [0.15, 0.2) is 0 Å². The molecule has 0 radical (unpaired) electrons. The number of amides is 3. The second-order valence-electron chi connectivity index (χ2n) is 3.88. The average molecular weight is 294 g/mol. The highest BCUT2D eigenvalue weighted by Gasteiger charge is 2.08. The van der Waals surface area contributed by atoms with Crippen LogP contribution in [-0.4, -0.2) is 17.7 Å². The lowest BCUT2D eigenvalue weighted by Gasteiger charge is -2.05. The summed E-state index contributed by atoms with van der Waals surface area (Å²) in [6.45, 7) is 0.242. The van der Waals surface area contributed by atoms with Gasteiger partial charge in [0.2, 0.25) is 5.91 Å². The van der Waals surface area contributed by atoms with Gasteiger partial charge in [0, 0.05) is 0 Å². The second kappa shape index (κ2) is 7.44. The highest BCUT2D eigenvalue weighted by atomic mass is 32.2. The first kappa shape index (κ1) is 14.3. The highest BCUT2D eigenvalue weighted by Crippen LogP contribution is 2.11.